The van der Waals surface area contributed by atoms with Gasteiger partial charge in [-0.15, -0.1) is 22.7 Å². The van der Waals surface area contributed by atoms with Crippen LogP contribution in [0.3, 0.4) is 0 Å². The Hall–Kier alpha value is -3.24. The van der Waals surface area contributed by atoms with Crippen LogP contribution in [0.5, 0.6) is 0 Å². The number of nitrogens with zero attached hydrogens (tertiary/aromatic N) is 4. The first-order chi connectivity index (χ1) is 15.1. The van der Waals surface area contributed by atoms with Crippen molar-refractivity contribution in [1.29, 1.82) is 0 Å². The number of hydrogen-bond donors (Lipinski definition) is 0. The highest BCUT2D eigenvalue weighted by molar-refractivity contribution is 7.18. The van der Waals surface area contributed by atoms with E-state index in [0.717, 1.165) is 10.4 Å². The second-order valence-electron chi connectivity index (χ2n) is 7.13. The van der Waals surface area contributed by atoms with Gasteiger partial charge in [0.2, 0.25) is 5.91 Å². The third-order valence-corrected chi connectivity index (χ3v) is 7.09. The third kappa shape index (κ3) is 3.68. The van der Waals surface area contributed by atoms with Crippen LogP contribution in [0.25, 0.3) is 20.7 Å². The molecular weight excluding hydrogens is 436 g/mol. The van der Waals surface area contributed by atoms with E-state index < -0.39 is 0 Å². The summed E-state index contributed by atoms with van der Waals surface area (Å²) in [6.45, 7) is 1.59. The Bertz CT molecular complexity index is 1280. The SMILES string of the molecule is O=C(Cn1cnc2scc(-c3cccs3)c2c1=O)N1CCN(C(=O)c2ccco2)CC1. The lowest BCUT2D eigenvalue weighted by molar-refractivity contribution is -0.133. The fourth-order valence-corrected chi connectivity index (χ4v) is 5.37. The van der Waals surface area contributed by atoms with Gasteiger partial charge in [0, 0.05) is 42.0 Å². The van der Waals surface area contributed by atoms with Crippen LogP contribution < -0.4 is 5.56 Å². The zero-order valence-corrected chi connectivity index (χ0v) is 18.0. The molecule has 10 heteroatoms. The maximum atomic E-state index is 13.1. The monoisotopic (exact) mass is 454 g/mol. The largest absolute Gasteiger partial charge is 0.459 e. The van der Waals surface area contributed by atoms with Crippen molar-refractivity contribution in [3.63, 3.8) is 0 Å². The summed E-state index contributed by atoms with van der Waals surface area (Å²) in [6, 6.07) is 7.22. The minimum atomic E-state index is -0.213. The fourth-order valence-electron chi connectivity index (χ4n) is 3.65. The predicted molar refractivity (Wildman–Crippen MR) is 118 cm³/mol. The van der Waals surface area contributed by atoms with Gasteiger partial charge in [-0.05, 0) is 23.6 Å². The van der Waals surface area contributed by atoms with Gasteiger partial charge >= 0.3 is 0 Å². The van der Waals surface area contributed by atoms with Gasteiger partial charge < -0.3 is 14.2 Å². The van der Waals surface area contributed by atoms with E-state index in [1.54, 1.807) is 33.3 Å². The summed E-state index contributed by atoms with van der Waals surface area (Å²) in [4.78, 5) is 47.7. The molecule has 158 valence electrons. The molecule has 1 aliphatic heterocycles. The Morgan fingerprint density at radius 3 is 2.58 bits per heavy atom. The first kappa shape index (κ1) is 19.7. The summed E-state index contributed by atoms with van der Waals surface area (Å²) in [5.41, 5.74) is 0.647. The van der Waals surface area contributed by atoms with Crippen molar-refractivity contribution in [3.8, 4) is 10.4 Å². The number of hydrogen-bond acceptors (Lipinski definition) is 7. The molecule has 5 rings (SSSR count). The highest BCUT2D eigenvalue weighted by atomic mass is 32.1. The van der Waals surface area contributed by atoms with Crippen molar-refractivity contribution in [2.24, 2.45) is 0 Å². The van der Waals surface area contributed by atoms with Crippen LogP contribution in [0.1, 0.15) is 10.6 Å². The van der Waals surface area contributed by atoms with E-state index in [4.69, 9.17) is 4.42 Å². The van der Waals surface area contributed by atoms with Crippen LogP contribution >= 0.6 is 22.7 Å². The van der Waals surface area contributed by atoms with Crippen molar-refractivity contribution in [1.82, 2.24) is 19.4 Å². The van der Waals surface area contributed by atoms with E-state index in [1.165, 1.54) is 28.5 Å². The van der Waals surface area contributed by atoms with Crippen molar-refractivity contribution in [3.05, 3.63) is 63.7 Å². The molecule has 1 fully saturated rings. The molecule has 0 unspecified atom stereocenters. The molecule has 2 amide bonds. The van der Waals surface area contributed by atoms with E-state index in [0.29, 0.717) is 42.2 Å². The summed E-state index contributed by atoms with van der Waals surface area (Å²) in [5.74, 6) is -0.0502. The first-order valence-corrected chi connectivity index (χ1v) is 11.5. The van der Waals surface area contributed by atoms with Gasteiger partial charge in [-0.3, -0.25) is 19.0 Å². The Balaban J connectivity index is 1.30. The molecule has 31 heavy (non-hydrogen) atoms. The smallest absolute Gasteiger partial charge is 0.289 e. The van der Waals surface area contributed by atoms with Crippen LogP contribution in [0.2, 0.25) is 0 Å². The number of aromatic nitrogens is 2. The quantitative estimate of drug-likeness (QED) is 0.473. The van der Waals surface area contributed by atoms with E-state index in [2.05, 4.69) is 4.98 Å². The van der Waals surface area contributed by atoms with E-state index in [9.17, 15) is 14.4 Å². The number of thiophene rings is 2. The van der Waals surface area contributed by atoms with Gasteiger partial charge in [-0.2, -0.15) is 0 Å². The van der Waals surface area contributed by atoms with E-state index in [-0.39, 0.29) is 23.9 Å². The summed E-state index contributed by atoms with van der Waals surface area (Å²) < 4.78 is 6.53. The van der Waals surface area contributed by atoms with Gasteiger partial charge in [-0.25, -0.2) is 4.98 Å². The average Bonchev–Trinajstić information content (AvgIpc) is 3.56. The number of amides is 2. The number of fused-ring (bicyclic) bond motifs is 1. The molecule has 4 aromatic rings. The third-order valence-electron chi connectivity index (χ3n) is 5.30. The summed E-state index contributed by atoms with van der Waals surface area (Å²) in [6.07, 6.45) is 2.90. The summed E-state index contributed by atoms with van der Waals surface area (Å²) >= 11 is 2.99. The minimum absolute atomic E-state index is 0.0758. The Morgan fingerprint density at radius 1 is 1.06 bits per heavy atom. The van der Waals surface area contributed by atoms with Crippen LogP contribution in [0.4, 0.5) is 0 Å². The number of carbonyl (C=O) groups is 2. The van der Waals surface area contributed by atoms with E-state index in [1.807, 2.05) is 22.9 Å². The van der Waals surface area contributed by atoms with Gasteiger partial charge in [0.15, 0.2) is 5.76 Å². The Labute approximate surface area is 185 Å². The molecule has 1 saturated heterocycles. The van der Waals surface area contributed by atoms with Crippen molar-refractivity contribution < 1.29 is 14.0 Å². The Kier molecular flexibility index (Phi) is 5.16. The highest BCUT2D eigenvalue weighted by Crippen LogP contribution is 2.33. The number of piperazine rings is 1. The second-order valence-corrected chi connectivity index (χ2v) is 8.94. The van der Waals surface area contributed by atoms with Crippen LogP contribution in [-0.4, -0.2) is 57.3 Å². The molecular formula is C21H18N4O4S2. The lowest BCUT2D eigenvalue weighted by atomic mass is 10.2. The minimum Gasteiger partial charge on any atom is -0.459 e. The number of carbonyl (C=O) groups excluding carboxylic acids is 2. The molecule has 0 saturated carbocycles. The first-order valence-electron chi connectivity index (χ1n) is 9.73. The zero-order valence-electron chi connectivity index (χ0n) is 16.4. The predicted octanol–water partition coefficient (Wildman–Crippen LogP) is 2.76. The van der Waals surface area contributed by atoms with Crippen LogP contribution in [0.15, 0.2) is 56.8 Å². The molecule has 4 aromatic heterocycles. The molecule has 0 spiro atoms. The van der Waals surface area contributed by atoms with Crippen LogP contribution in [0, 0.1) is 0 Å². The molecule has 0 radical (unpaired) electrons. The molecule has 8 nitrogen and oxygen atoms in total. The fraction of sp³-hybridized carbons (Fsp3) is 0.238. The summed E-state index contributed by atoms with van der Waals surface area (Å²) in [7, 11) is 0. The standard InChI is InChI=1S/C21H18N4O4S2/c26-17(23-5-7-24(8-6-23)20(27)15-3-1-9-29-15)11-25-13-22-19-18(21(25)28)14(12-31-19)16-4-2-10-30-16/h1-4,9-10,12-13H,5-8,11H2. The lowest BCUT2D eigenvalue weighted by Crippen LogP contribution is -2.51. The number of rotatable bonds is 4. The molecule has 0 aliphatic carbocycles. The van der Waals surface area contributed by atoms with Gasteiger partial charge in [-0.1, -0.05) is 6.07 Å². The van der Waals surface area contributed by atoms with Gasteiger partial charge in [0.05, 0.1) is 18.0 Å². The Morgan fingerprint density at radius 2 is 1.87 bits per heavy atom. The molecule has 0 atom stereocenters. The number of furan rings is 1. The topological polar surface area (TPSA) is 88.7 Å². The highest BCUT2D eigenvalue weighted by Gasteiger charge is 2.26. The molecule has 0 aromatic carbocycles. The summed E-state index contributed by atoms with van der Waals surface area (Å²) in [5, 5.41) is 4.46. The maximum Gasteiger partial charge on any atom is 0.289 e. The lowest BCUT2D eigenvalue weighted by Gasteiger charge is -2.34. The van der Waals surface area contributed by atoms with Gasteiger partial charge in [0.1, 0.15) is 11.4 Å². The molecule has 0 N–H and O–H groups in total. The van der Waals surface area contributed by atoms with Crippen molar-refractivity contribution in [2.75, 3.05) is 26.2 Å². The van der Waals surface area contributed by atoms with Gasteiger partial charge in [0.25, 0.3) is 11.5 Å². The normalized spacial score (nSPS) is 14.3. The zero-order chi connectivity index (χ0) is 21.4. The maximum absolute atomic E-state index is 13.1. The molecule has 1 aliphatic rings. The average molecular weight is 455 g/mol. The van der Waals surface area contributed by atoms with Crippen molar-refractivity contribution in [2.45, 2.75) is 6.54 Å². The van der Waals surface area contributed by atoms with E-state index >= 15 is 0 Å². The van der Waals surface area contributed by atoms with Crippen molar-refractivity contribution >= 4 is 44.7 Å². The second kappa shape index (κ2) is 8.12. The van der Waals surface area contributed by atoms with Crippen LogP contribution in [-0.2, 0) is 11.3 Å². The molecule has 5 heterocycles. The molecule has 0 bridgehead atoms.